The maximum Gasteiger partial charge on any atom is 0.260 e. The van der Waals surface area contributed by atoms with Crippen molar-refractivity contribution in [3.63, 3.8) is 0 Å². The molecule has 0 unspecified atom stereocenters. The summed E-state index contributed by atoms with van der Waals surface area (Å²) in [4.78, 5) is 31.1. The van der Waals surface area contributed by atoms with E-state index in [0.29, 0.717) is 17.9 Å². The summed E-state index contributed by atoms with van der Waals surface area (Å²) in [7, 11) is 0. The summed E-state index contributed by atoms with van der Waals surface area (Å²) >= 11 is 0. The highest BCUT2D eigenvalue weighted by Crippen LogP contribution is 2.44. The molecule has 0 spiro atoms. The maximum atomic E-state index is 13.0. The van der Waals surface area contributed by atoms with Crippen LogP contribution in [-0.4, -0.2) is 46.1 Å². The van der Waals surface area contributed by atoms with Gasteiger partial charge >= 0.3 is 0 Å². The first-order valence-corrected chi connectivity index (χ1v) is 9.48. The summed E-state index contributed by atoms with van der Waals surface area (Å²) in [6.07, 6.45) is 0.429. The van der Waals surface area contributed by atoms with Crippen LogP contribution in [0.3, 0.4) is 0 Å². The Morgan fingerprint density at radius 3 is 2.79 bits per heavy atom. The van der Waals surface area contributed by atoms with Gasteiger partial charge in [-0.05, 0) is 29.3 Å². The fourth-order valence-electron chi connectivity index (χ4n) is 4.72. The largest absolute Gasteiger partial charge is 0.454 e. The Morgan fingerprint density at radius 1 is 1.07 bits per heavy atom. The van der Waals surface area contributed by atoms with E-state index in [1.807, 2.05) is 42.5 Å². The minimum Gasteiger partial charge on any atom is -0.454 e. The van der Waals surface area contributed by atoms with Crippen molar-refractivity contribution in [2.75, 3.05) is 13.3 Å². The lowest BCUT2D eigenvalue weighted by atomic mass is 9.86. The van der Waals surface area contributed by atoms with Crippen molar-refractivity contribution < 1.29 is 19.1 Å². The van der Waals surface area contributed by atoms with Crippen molar-refractivity contribution in [1.82, 2.24) is 14.9 Å². The fourth-order valence-corrected chi connectivity index (χ4v) is 4.72. The molecule has 8 nitrogen and oxygen atoms in total. The summed E-state index contributed by atoms with van der Waals surface area (Å²) in [6.45, 7) is 0.0406. The number of hydrogen-bond donors (Lipinski definition) is 2. The first-order chi connectivity index (χ1) is 14.1. The number of ether oxygens (including phenoxy) is 2. The number of nitrogens with one attached hydrogen (secondary N) is 1. The maximum absolute atomic E-state index is 13.0. The number of fused-ring (bicyclic) bond motifs is 5. The molecule has 1 fully saturated rings. The summed E-state index contributed by atoms with van der Waals surface area (Å²) in [6, 6.07) is 12.6. The molecular weight excluding hydrogens is 372 g/mol. The molecule has 2 amide bonds. The van der Waals surface area contributed by atoms with Gasteiger partial charge in [0.05, 0.1) is 6.04 Å². The van der Waals surface area contributed by atoms with E-state index in [2.05, 4.69) is 4.98 Å². The van der Waals surface area contributed by atoms with Crippen molar-refractivity contribution in [1.29, 1.82) is 0 Å². The highest BCUT2D eigenvalue weighted by atomic mass is 16.7. The Kier molecular flexibility index (Phi) is 3.25. The highest BCUT2D eigenvalue weighted by Gasteiger charge is 2.47. The number of nitrogens with zero attached hydrogens (tertiary/aromatic N) is 2. The molecule has 2 atom stereocenters. The van der Waals surface area contributed by atoms with E-state index in [0.717, 1.165) is 32.7 Å². The van der Waals surface area contributed by atoms with Crippen LogP contribution in [0.25, 0.3) is 10.9 Å². The zero-order valence-electron chi connectivity index (χ0n) is 15.4. The second kappa shape index (κ2) is 5.74. The van der Waals surface area contributed by atoms with Crippen LogP contribution in [0.1, 0.15) is 22.9 Å². The van der Waals surface area contributed by atoms with E-state index in [-0.39, 0.29) is 25.2 Å². The van der Waals surface area contributed by atoms with Crippen LogP contribution >= 0.6 is 0 Å². The van der Waals surface area contributed by atoms with E-state index >= 15 is 0 Å². The van der Waals surface area contributed by atoms with Gasteiger partial charge in [-0.1, -0.05) is 24.3 Å². The summed E-state index contributed by atoms with van der Waals surface area (Å²) in [5.41, 5.74) is 3.81. The molecule has 3 N–H and O–H groups in total. The number of amides is 2. The molecule has 4 heterocycles. The number of piperazine rings is 1. The molecule has 6 rings (SSSR count). The van der Waals surface area contributed by atoms with Crippen molar-refractivity contribution in [2.45, 2.75) is 18.5 Å². The summed E-state index contributed by atoms with van der Waals surface area (Å²) < 4.78 is 11.0. The van der Waals surface area contributed by atoms with E-state index < -0.39 is 12.1 Å². The minimum absolute atomic E-state index is 0.133. The van der Waals surface area contributed by atoms with Crippen LogP contribution in [0.4, 0.5) is 0 Å². The lowest BCUT2D eigenvalue weighted by molar-refractivity contribution is -0.158. The highest BCUT2D eigenvalue weighted by molar-refractivity contribution is 5.97. The van der Waals surface area contributed by atoms with Crippen LogP contribution in [0.5, 0.6) is 11.5 Å². The van der Waals surface area contributed by atoms with E-state index in [1.54, 1.807) is 4.90 Å². The first-order valence-electron chi connectivity index (χ1n) is 9.48. The van der Waals surface area contributed by atoms with Gasteiger partial charge in [0, 0.05) is 23.0 Å². The van der Waals surface area contributed by atoms with Crippen LogP contribution < -0.4 is 15.3 Å². The van der Waals surface area contributed by atoms with Crippen molar-refractivity contribution in [2.24, 2.45) is 5.84 Å². The van der Waals surface area contributed by atoms with Crippen LogP contribution in [0.15, 0.2) is 42.5 Å². The second-order valence-corrected chi connectivity index (χ2v) is 7.57. The molecule has 1 aromatic heterocycles. The van der Waals surface area contributed by atoms with Gasteiger partial charge in [-0.2, -0.15) is 0 Å². The molecule has 29 heavy (non-hydrogen) atoms. The lowest BCUT2D eigenvalue weighted by Gasteiger charge is -2.46. The van der Waals surface area contributed by atoms with Gasteiger partial charge in [0.15, 0.2) is 11.5 Å². The summed E-state index contributed by atoms with van der Waals surface area (Å²) in [5, 5.41) is 2.09. The van der Waals surface area contributed by atoms with Gasteiger partial charge in [0.2, 0.25) is 12.7 Å². The zero-order chi connectivity index (χ0) is 19.7. The van der Waals surface area contributed by atoms with E-state index in [1.165, 1.54) is 0 Å². The predicted molar refractivity (Wildman–Crippen MR) is 103 cm³/mol. The Bertz CT molecular complexity index is 1190. The molecule has 3 aliphatic heterocycles. The van der Waals surface area contributed by atoms with Crippen LogP contribution in [0, 0.1) is 0 Å². The number of rotatable bonds is 1. The number of carbonyl (C=O) groups is 2. The molecule has 146 valence electrons. The number of aromatic amines is 1. The molecule has 0 bridgehead atoms. The molecule has 3 aliphatic rings. The Morgan fingerprint density at radius 2 is 1.90 bits per heavy atom. The number of carbonyl (C=O) groups excluding carboxylic acids is 2. The topological polar surface area (TPSA) is 101 Å². The minimum atomic E-state index is -0.636. The average Bonchev–Trinajstić information content (AvgIpc) is 3.34. The Hall–Kier alpha value is -3.52. The first kappa shape index (κ1) is 16.4. The monoisotopic (exact) mass is 390 g/mol. The number of hydrogen-bond acceptors (Lipinski definition) is 5. The number of para-hydroxylation sites is 1. The van der Waals surface area contributed by atoms with E-state index in [9.17, 15) is 9.59 Å². The van der Waals surface area contributed by atoms with Crippen molar-refractivity contribution >= 4 is 22.7 Å². The number of benzene rings is 2. The number of hydrazine groups is 1. The number of H-pyrrole nitrogens is 1. The number of nitrogens with two attached hydrogens (primary N) is 1. The molecule has 0 saturated carbocycles. The number of aromatic nitrogens is 1. The van der Waals surface area contributed by atoms with Gasteiger partial charge in [-0.3, -0.25) is 14.6 Å². The zero-order valence-corrected chi connectivity index (χ0v) is 15.4. The van der Waals surface area contributed by atoms with E-state index in [4.69, 9.17) is 15.3 Å². The van der Waals surface area contributed by atoms with Gasteiger partial charge < -0.3 is 19.4 Å². The molecule has 3 aromatic rings. The summed E-state index contributed by atoms with van der Waals surface area (Å²) in [5.74, 6) is 6.72. The van der Waals surface area contributed by atoms with Crippen molar-refractivity contribution in [3.05, 3.63) is 59.3 Å². The lowest BCUT2D eigenvalue weighted by Crippen LogP contribution is -2.64. The average molecular weight is 390 g/mol. The third kappa shape index (κ3) is 2.23. The van der Waals surface area contributed by atoms with Gasteiger partial charge in [-0.15, -0.1) is 0 Å². The Balaban J connectivity index is 1.59. The standard InChI is InChI=1S/C21H18N4O4/c22-24-9-18(26)25-15(21(24)27)8-13-12-3-1-2-4-14(12)23-19(13)20(25)11-5-6-16-17(7-11)29-10-28-16/h1-7,15,20,23H,8-10,22H2/t15-,20+/m0/s1. The van der Waals surface area contributed by atoms with Crippen LogP contribution in [-0.2, 0) is 16.0 Å². The van der Waals surface area contributed by atoms with Crippen LogP contribution in [0.2, 0.25) is 0 Å². The molecule has 2 aromatic carbocycles. The smallest absolute Gasteiger partial charge is 0.260 e. The predicted octanol–water partition coefficient (Wildman–Crippen LogP) is 1.46. The Labute approximate surface area is 165 Å². The van der Waals surface area contributed by atoms with Crippen molar-refractivity contribution in [3.8, 4) is 11.5 Å². The molecule has 8 heteroatoms. The van der Waals surface area contributed by atoms with Gasteiger partial charge in [-0.25, -0.2) is 5.84 Å². The fraction of sp³-hybridized carbons (Fsp3) is 0.238. The third-order valence-corrected chi connectivity index (χ3v) is 6.01. The van der Waals surface area contributed by atoms with Gasteiger partial charge in [0.25, 0.3) is 5.91 Å². The quantitative estimate of drug-likeness (QED) is 0.484. The third-order valence-electron chi connectivity index (χ3n) is 6.01. The molecule has 0 radical (unpaired) electrons. The SMILES string of the molecule is NN1CC(=O)N2[C@H](c3ccc4c(c3)OCO4)c3[nH]c4ccccc4c3C[C@H]2C1=O. The molecule has 1 saturated heterocycles. The molecular formula is C21H18N4O4. The van der Waals surface area contributed by atoms with Gasteiger partial charge in [0.1, 0.15) is 12.6 Å². The molecule has 0 aliphatic carbocycles. The second-order valence-electron chi connectivity index (χ2n) is 7.57. The normalized spacial score (nSPS) is 22.8.